The first kappa shape index (κ1) is 32.1. The Morgan fingerprint density at radius 3 is 2.34 bits per heavy atom. The maximum absolute atomic E-state index is 13.1. The zero-order valence-electron chi connectivity index (χ0n) is 25.3. The van der Waals surface area contributed by atoms with Gasteiger partial charge in [0.1, 0.15) is 11.6 Å². The van der Waals surface area contributed by atoms with Gasteiger partial charge in [0.25, 0.3) is 0 Å². The molecule has 1 aliphatic rings. The molecule has 1 fully saturated rings. The predicted molar refractivity (Wildman–Crippen MR) is 161 cm³/mol. The highest BCUT2D eigenvalue weighted by Crippen LogP contribution is 2.38. The number of benzene rings is 2. The fourth-order valence-electron chi connectivity index (χ4n) is 5.68. The summed E-state index contributed by atoms with van der Waals surface area (Å²) in [5.41, 5.74) is 9.29. The van der Waals surface area contributed by atoms with E-state index in [2.05, 4.69) is 31.4 Å². The topological polar surface area (TPSA) is 131 Å². The molecular weight excluding hydrogens is 518 g/mol. The minimum Gasteiger partial charge on any atom is -0.480 e. The zero-order valence-corrected chi connectivity index (χ0v) is 25.3. The van der Waals surface area contributed by atoms with Crippen molar-refractivity contribution in [2.24, 2.45) is 29.4 Å². The number of nitrogens with two attached hydrogens (primary N) is 1. The van der Waals surface area contributed by atoms with E-state index in [4.69, 9.17) is 10.5 Å². The molecule has 0 unspecified atom stereocenters. The molecule has 5 atom stereocenters. The van der Waals surface area contributed by atoms with Gasteiger partial charge in [0.05, 0.1) is 0 Å². The normalized spacial score (nSPS) is 20.6. The Bertz CT molecular complexity index is 1210. The first-order valence-corrected chi connectivity index (χ1v) is 14.7. The van der Waals surface area contributed by atoms with E-state index in [0.717, 1.165) is 35.1 Å². The van der Waals surface area contributed by atoms with E-state index in [9.17, 15) is 19.5 Å². The minimum atomic E-state index is -1.14. The maximum Gasteiger partial charge on any atom is 0.408 e. The molecule has 2 aromatic rings. The fourth-order valence-corrected chi connectivity index (χ4v) is 5.68. The van der Waals surface area contributed by atoms with Crippen molar-refractivity contribution >= 4 is 18.0 Å². The second-order valence-electron chi connectivity index (χ2n) is 12.9. The summed E-state index contributed by atoms with van der Waals surface area (Å²) in [5.74, 6) is 0.415. The van der Waals surface area contributed by atoms with Crippen molar-refractivity contribution in [1.29, 1.82) is 0 Å². The maximum atomic E-state index is 13.1. The molecule has 3 rings (SSSR count). The van der Waals surface area contributed by atoms with Crippen LogP contribution in [0.1, 0.15) is 78.0 Å². The molecule has 8 heteroatoms. The molecule has 8 nitrogen and oxygen atoms in total. The molecular formula is C33H47N3O5. The number of nitrogens with one attached hydrogen (secondary N) is 2. The molecule has 1 saturated carbocycles. The molecule has 2 amide bonds. The van der Waals surface area contributed by atoms with Gasteiger partial charge >= 0.3 is 12.1 Å². The number of carbonyl (C=O) groups excluding carboxylic acids is 2. The first-order chi connectivity index (χ1) is 19.2. The fraction of sp³-hybridized carbons (Fsp3) is 0.545. The van der Waals surface area contributed by atoms with Gasteiger partial charge in [0.15, 0.2) is 0 Å². The monoisotopic (exact) mass is 565 g/mol. The molecule has 0 spiro atoms. The molecule has 0 bridgehead atoms. The van der Waals surface area contributed by atoms with E-state index in [0.29, 0.717) is 24.3 Å². The summed E-state index contributed by atoms with van der Waals surface area (Å²) < 4.78 is 5.22. The third-order valence-electron chi connectivity index (χ3n) is 7.86. The van der Waals surface area contributed by atoms with Crippen LogP contribution in [0.3, 0.4) is 0 Å². The highest BCUT2D eigenvalue weighted by molar-refractivity contribution is 5.80. The van der Waals surface area contributed by atoms with Crippen LogP contribution in [0.4, 0.5) is 4.79 Å². The number of hydrogen-bond acceptors (Lipinski definition) is 5. The van der Waals surface area contributed by atoms with Gasteiger partial charge in [0.2, 0.25) is 5.91 Å². The lowest BCUT2D eigenvalue weighted by Crippen LogP contribution is -2.44. The predicted octanol–water partition coefficient (Wildman–Crippen LogP) is 5.70. The molecule has 5 N–H and O–H groups in total. The third kappa shape index (κ3) is 9.59. The summed E-state index contributed by atoms with van der Waals surface area (Å²) in [7, 11) is 0. The number of amides is 2. The van der Waals surface area contributed by atoms with E-state index < -0.39 is 23.7 Å². The van der Waals surface area contributed by atoms with E-state index in [1.165, 1.54) is 6.42 Å². The van der Waals surface area contributed by atoms with Crippen LogP contribution in [-0.4, -0.2) is 41.3 Å². The molecule has 0 heterocycles. The van der Waals surface area contributed by atoms with Crippen molar-refractivity contribution in [2.45, 2.75) is 84.9 Å². The Morgan fingerprint density at radius 1 is 1.05 bits per heavy atom. The molecule has 224 valence electrons. The smallest absolute Gasteiger partial charge is 0.408 e. The van der Waals surface area contributed by atoms with Crippen molar-refractivity contribution in [3.63, 3.8) is 0 Å². The Hall–Kier alpha value is -3.39. The highest BCUT2D eigenvalue weighted by atomic mass is 16.6. The quantitative estimate of drug-likeness (QED) is 0.292. The summed E-state index contributed by atoms with van der Waals surface area (Å²) in [5, 5.41) is 15.3. The standard InChI is InChI=1S/C33H47N3O5/c1-20(2)26-14-13-21(3)15-27(26)30(37)35-19-28(34)25-12-8-11-24(18-25)23-10-7-9-22(16-23)17-29(31(38)39)36-32(40)41-33(4,5)6/h7-12,16,18,20-21,26-29H,13-15,17,19,34H2,1-6H3,(H,35,37)(H,36,40)(H,38,39)/t21-,26+,27-,28-,29+/m1/s1. The van der Waals surface area contributed by atoms with Crippen LogP contribution < -0.4 is 16.4 Å². The summed E-state index contributed by atoms with van der Waals surface area (Å²) in [6.07, 6.45) is 2.52. The third-order valence-corrected chi connectivity index (χ3v) is 7.86. The largest absolute Gasteiger partial charge is 0.480 e. The van der Waals surface area contributed by atoms with Crippen molar-refractivity contribution in [2.75, 3.05) is 6.54 Å². The van der Waals surface area contributed by atoms with Gasteiger partial charge in [-0.25, -0.2) is 9.59 Å². The Kier molecular flexibility index (Phi) is 11.0. The molecule has 2 aromatic carbocycles. The molecule has 0 radical (unpaired) electrons. The van der Waals surface area contributed by atoms with Gasteiger partial charge in [-0.05, 0) is 79.7 Å². The number of carboxylic acid groups (broad SMARTS) is 1. The number of alkyl carbamates (subject to hydrolysis) is 1. The summed E-state index contributed by atoms with van der Waals surface area (Å²) in [6.45, 7) is 12.1. The summed E-state index contributed by atoms with van der Waals surface area (Å²) in [4.78, 5) is 37.2. The summed E-state index contributed by atoms with van der Waals surface area (Å²) in [6, 6.07) is 13.9. The SMILES string of the molecule is CC(C)[C@@H]1CC[C@@H](C)C[C@H]1C(=O)NC[C@@H](N)c1cccc(-c2cccc(C[C@H](NC(=O)OC(C)(C)C)C(=O)O)c2)c1. The zero-order chi connectivity index (χ0) is 30.3. The molecule has 1 aliphatic carbocycles. The van der Waals surface area contributed by atoms with Crippen LogP contribution in [0, 0.1) is 23.7 Å². The van der Waals surface area contributed by atoms with Crippen LogP contribution in [0.25, 0.3) is 11.1 Å². The lowest BCUT2D eigenvalue weighted by Gasteiger charge is -2.36. The van der Waals surface area contributed by atoms with Crippen LogP contribution >= 0.6 is 0 Å². The van der Waals surface area contributed by atoms with Gasteiger partial charge in [0, 0.05) is 24.9 Å². The van der Waals surface area contributed by atoms with Gasteiger partial charge in [-0.1, -0.05) is 69.7 Å². The number of hydrogen-bond donors (Lipinski definition) is 4. The number of carbonyl (C=O) groups is 3. The number of carboxylic acids is 1. The Morgan fingerprint density at radius 2 is 1.71 bits per heavy atom. The van der Waals surface area contributed by atoms with E-state index in [1.54, 1.807) is 20.8 Å². The van der Waals surface area contributed by atoms with Crippen LogP contribution in [-0.2, 0) is 20.7 Å². The number of rotatable bonds is 10. The van der Waals surface area contributed by atoms with Gasteiger partial charge in [-0.3, -0.25) is 4.79 Å². The molecule has 0 aliphatic heterocycles. The Labute approximate surface area is 244 Å². The second-order valence-corrected chi connectivity index (χ2v) is 12.9. The first-order valence-electron chi connectivity index (χ1n) is 14.7. The number of aliphatic carboxylic acids is 1. The van der Waals surface area contributed by atoms with Crippen molar-refractivity contribution in [1.82, 2.24) is 10.6 Å². The molecule has 0 aromatic heterocycles. The minimum absolute atomic E-state index is 0.0273. The van der Waals surface area contributed by atoms with Crippen LogP contribution in [0.5, 0.6) is 0 Å². The second kappa shape index (κ2) is 14.0. The van der Waals surface area contributed by atoms with Gasteiger partial charge in [-0.15, -0.1) is 0 Å². The average molecular weight is 566 g/mol. The number of ether oxygens (including phenoxy) is 1. The van der Waals surface area contributed by atoms with E-state index in [-0.39, 0.29) is 24.3 Å². The average Bonchev–Trinajstić information content (AvgIpc) is 2.90. The lowest BCUT2D eigenvalue weighted by atomic mass is 9.70. The van der Waals surface area contributed by atoms with Gasteiger partial charge in [-0.2, -0.15) is 0 Å². The van der Waals surface area contributed by atoms with Gasteiger partial charge < -0.3 is 26.2 Å². The van der Waals surface area contributed by atoms with Crippen molar-refractivity contribution in [3.8, 4) is 11.1 Å². The van der Waals surface area contributed by atoms with E-state index in [1.807, 2.05) is 48.5 Å². The Balaban J connectivity index is 1.67. The van der Waals surface area contributed by atoms with Crippen molar-refractivity contribution in [3.05, 3.63) is 59.7 Å². The highest BCUT2D eigenvalue weighted by Gasteiger charge is 2.35. The van der Waals surface area contributed by atoms with Crippen LogP contribution in [0.15, 0.2) is 48.5 Å². The molecule has 0 saturated heterocycles. The lowest BCUT2D eigenvalue weighted by molar-refractivity contribution is -0.139. The van der Waals surface area contributed by atoms with E-state index >= 15 is 0 Å². The summed E-state index contributed by atoms with van der Waals surface area (Å²) >= 11 is 0. The van der Waals surface area contributed by atoms with Crippen molar-refractivity contribution < 1.29 is 24.2 Å². The van der Waals surface area contributed by atoms with Crippen LogP contribution in [0.2, 0.25) is 0 Å². The molecule has 41 heavy (non-hydrogen) atoms.